The Morgan fingerprint density at radius 1 is 1.43 bits per heavy atom. The molecule has 13 heteroatoms. The molecule has 28 heavy (non-hydrogen) atoms. The number of nitrogens with two attached hydrogens (primary N) is 1. The number of allylic oxidation sites excluding steroid dienone is 1. The van der Waals surface area contributed by atoms with Crippen LogP contribution in [0.1, 0.15) is 13.3 Å². The fourth-order valence-corrected chi connectivity index (χ4v) is 3.72. The van der Waals surface area contributed by atoms with Crippen LogP contribution in [0.4, 0.5) is 17.3 Å². The van der Waals surface area contributed by atoms with Crippen molar-refractivity contribution in [3.8, 4) is 0 Å². The summed E-state index contributed by atoms with van der Waals surface area (Å²) in [6.07, 6.45) is 0.596. The third-order valence-corrected chi connectivity index (χ3v) is 5.83. The van der Waals surface area contributed by atoms with E-state index in [9.17, 15) is 4.89 Å². The normalized spacial score (nSPS) is 23.2. The Morgan fingerprint density at radius 2 is 2.21 bits per heavy atom. The van der Waals surface area contributed by atoms with Crippen LogP contribution in [0.3, 0.4) is 0 Å². The van der Waals surface area contributed by atoms with E-state index >= 15 is 0 Å². The first kappa shape index (κ1) is 21.0. The van der Waals surface area contributed by atoms with Crippen LogP contribution in [-0.4, -0.2) is 61.3 Å². The van der Waals surface area contributed by atoms with Crippen LogP contribution in [0.2, 0.25) is 0 Å². The third kappa shape index (κ3) is 4.17. The molecule has 0 spiro atoms. The number of fused-ring (bicyclic) bond motifs is 1. The SMILES string of the molecule is CCC1=C(OP(O)(=S)OC)C(OCCOC)[C@H](N2CNc3c(N)ncnc32)O1. The molecule has 0 fully saturated rings. The number of aromatic nitrogens is 2. The van der Waals surface area contributed by atoms with Gasteiger partial charge in [-0.2, -0.15) is 0 Å². The molecule has 0 saturated heterocycles. The van der Waals surface area contributed by atoms with Gasteiger partial charge in [0, 0.05) is 32.4 Å². The van der Waals surface area contributed by atoms with Crippen molar-refractivity contribution in [1.82, 2.24) is 9.97 Å². The maximum absolute atomic E-state index is 10.2. The molecule has 3 atom stereocenters. The highest BCUT2D eigenvalue weighted by molar-refractivity contribution is 8.07. The number of nitrogen functional groups attached to an aromatic ring is 1. The van der Waals surface area contributed by atoms with Crippen molar-refractivity contribution in [2.24, 2.45) is 0 Å². The molecule has 3 rings (SSSR count). The lowest BCUT2D eigenvalue weighted by molar-refractivity contribution is -0.0316. The Balaban J connectivity index is 1.91. The van der Waals surface area contributed by atoms with E-state index in [4.69, 9.17) is 40.8 Å². The van der Waals surface area contributed by atoms with Crippen LogP contribution in [-0.2, 0) is 35.1 Å². The summed E-state index contributed by atoms with van der Waals surface area (Å²) in [5.74, 6) is 1.76. The lowest BCUT2D eigenvalue weighted by Crippen LogP contribution is -2.45. The number of nitrogens with zero attached hydrogens (tertiary/aromatic N) is 3. The second kappa shape index (κ2) is 8.76. The maximum atomic E-state index is 10.2. The lowest BCUT2D eigenvalue weighted by Gasteiger charge is -2.30. The molecule has 1 aromatic rings. The summed E-state index contributed by atoms with van der Waals surface area (Å²) in [4.78, 5) is 20.3. The molecule has 0 radical (unpaired) electrons. The van der Waals surface area contributed by atoms with Crippen molar-refractivity contribution < 1.29 is 28.2 Å². The van der Waals surface area contributed by atoms with Gasteiger partial charge >= 0.3 is 6.72 Å². The van der Waals surface area contributed by atoms with Crippen LogP contribution in [0, 0.1) is 0 Å². The summed E-state index contributed by atoms with van der Waals surface area (Å²) in [7, 11) is 2.87. The first-order chi connectivity index (χ1) is 13.4. The molecule has 156 valence electrons. The number of ether oxygens (including phenoxy) is 3. The highest BCUT2D eigenvalue weighted by Gasteiger charge is 2.46. The number of nitrogens with one attached hydrogen (secondary N) is 1. The molecule has 0 aromatic carbocycles. The van der Waals surface area contributed by atoms with Gasteiger partial charge in [0.25, 0.3) is 0 Å². The molecule has 3 heterocycles. The van der Waals surface area contributed by atoms with Crippen molar-refractivity contribution in [3.05, 3.63) is 17.8 Å². The highest BCUT2D eigenvalue weighted by Crippen LogP contribution is 2.50. The van der Waals surface area contributed by atoms with Crippen LogP contribution in [0.25, 0.3) is 0 Å². The summed E-state index contributed by atoms with van der Waals surface area (Å²) in [5, 5.41) is 3.16. The molecular weight excluding hydrogens is 409 g/mol. The molecule has 1 aromatic heterocycles. The molecule has 0 saturated carbocycles. The van der Waals surface area contributed by atoms with Crippen molar-refractivity contribution in [3.63, 3.8) is 0 Å². The zero-order chi connectivity index (χ0) is 20.3. The van der Waals surface area contributed by atoms with Crippen molar-refractivity contribution in [1.29, 1.82) is 0 Å². The smallest absolute Gasteiger partial charge is 0.377 e. The third-order valence-electron chi connectivity index (χ3n) is 4.27. The van der Waals surface area contributed by atoms with Gasteiger partial charge in [0.05, 0.1) is 19.9 Å². The molecule has 2 unspecified atom stereocenters. The number of rotatable bonds is 9. The topological polar surface area (TPSA) is 133 Å². The number of hydrogen-bond acceptors (Lipinski definition) is 11. The second-order valence-corrected chi connectivity index (χ2v) is 8.81. The van der Waals surface area contributed by atoms with E-state index in [1.165, 1.54) is 13.4 Å². The Bertz CT molecular complexity index is 796. The Labute approximate surface area is 168 Å². The summed E-state index contributed by atoms with van der Waals surface area (Å²) in [6.45, 7) is -0.535. The summed E-state index contributed by atoms with van der Waals surface area (Å²) >= 11 is 5.01. The summed E-state index contributed by atoms with van der Waals surface area (Å²) in [5.41, 5.74) is 6.55. The lowest BCUT2D eigenvalue weighted by atomic mass is 10.2. The monoisotopic (exact) mass is 433 g/mol. The van der Waals surface area contributed by atoms with Gasteiger partial charge in [-0.1, -0.05) is 6.92 Å². The first-order valence-corrected chi connectivity index (χ1v) is 11.2. The fourth-order valence-electron chi connectivity index (χ4n) is 2.95. The Hall–Kier alpha value is -1.69. The van der Waals surface area contributed by atoms with E-state index in [2.05, 4.69) is 15.3 Å². The molecule has 4 N–H and O–H groups in total. The largest absolute Gasteiger partial charge is 0.468 e. The minimum absolute atomic E-state index is 0.284. The minimum atomic E-state index is -3.48. The fraction of sp³-hybridized carbons (Fsp3) is 0.600. The van der Waals surface area contributed by atoms with Crippen molar-refractivity contribution in [2.45, 2.75) is 25.7 Å². The average Bonchev–Trinajstić information content (AvgIpc) is 3.24. The number of anilines is 3. The van der Waals surface area contributed by atoms with E-state index in [1.807, 2.05) is 11.8 Å². The van der Waals surface area contributed by atoms with Gasteiger partial charge < -0.3 is 39.2 Å². The van der Waals surface area contributed by atoms with Crippen LogP contribution < -0.4 is 16.0 Å². The predicted molar refractivity (Wildman–Crippen MR) is 106 cm³/mol. The van der Waals surface area contributed by atoms with Gasteiger partial charge in [0.2, 0.25) is 6.23 Å². The quantitative estimate of drug-likeness (QED) is 0.381. The van der Waals surface area contributed by atoms with Gasteiger partial charge in [-0.05, 0) is 0 Å². The van der Waals surface area contributed by atoms with Crippen LogP contribution in [0.15, 0.2) is 17.8 Å². The Morgan fingerprint density at radius 3 is 2.89 bits per heavy atom. The molecule has 0 bridgehead atoms. The minimum Gasteiger partial charge on any atom is -0.468 e. The molecule has 11 nitrogen and oxygen atoms in total. The van der Waals surface area contributed by atoms with E-state index < -0.39 is 19.1 Å². The van der Waals surface area contributed by atoms with Gasteiger partial charge in [-0.25, -0.2) is 9.97 Å². The zero-order valence-electron chi connectivity index (χ0n) is 15.8. The Kier molecular flexibility index (Phi) is 6.58. The van der Waals surface area contributed by atoms with Crippen LogP contribution in [0.5, 0.6) is 0 Å². The highest BCUT2D eigenvalue weighted by atomic mass is 32.5. The molecule has 2 aliphatic rings. The van der Waals surface area contributed by atoms with Crippen molar-refractivity contribution in [2.75, 3.05) is 50.1 Å². The van der Waals surface area contributed by atoms with Gasteiger partial charge in [0.1, 0.15) is 17.8 Å². The van der Waals surface area contributed by atoms with Gasteiger partial charge in [0.15, 0.2) is 23.5 Å². The van der Waals surface area contributed by atoms with Gasteiger partial charge in [-0.3, -0.25) is 4.90 Å². The summed E-state index contributed by atoms with van der Waals surface area (Å²) < 4.78 is 27.7. The molecule has 2 aliphatic heterocycles. The average molecular weight is 433 g/mol. The van der Waals surface area contributed by atoms with Gasteiger partial charge in [-0.15, -0.1) is 0 Å². The predicted octanol–water partition coefficient (Wildman–Crippen LogP) is 1.14. The van der Waals surface area contributed by atoms with Crippen LogP contribution >= 0.6 is 6.72 Å². The molecule has 0 aliphatic carbocycles. The number of methoxy groups -OCH3 is 1. The maximum Gasteiger partial charge on any atom is 0.377 e. The zero-order valence-corrected chi connectivity index (χ0v) is 17.5. The van der Waals surface area contributed by atoms with E-state index in [-0.39, 0.29) is 6.61 Å². The summed E-state index contributed by atoms with van der Waals surface area (Å²) in [6, 6.07) is 0. The first-order valence-electron chi connectivity index (χ1n) is 8.61. The standard InChI is InChI=1S/C15H24N5O6PS/c1-4-9-11(26-27(21,28)23-3)12(24-6-5-22-2)15(25-9)20-8-19-10-13(16)17-7-18-14(10)20/h7,12,15,19H,4-6,8H2,1-3H3,(H,21,28)(H2,16,17,18)/t12?,15-,27?/m1/s1. The second-order valence-electron chi connectivity index (χ2n) is 5.94. The van der Waals surface area contributed by atoms with Crippen molar-refractivity contribution >= 4 is 35.8 Å². The van der Waals surface area contributed by atoms with E-state index in [1.54, 1.807) is 7.11 Å². The van der Waals surface area contributed by atoms with E-state index in [0.29, 0.717) is 48.5 Å². The molecule has 0 amide bonds. The molecular formula is C15H24N5O6PS. The number of hydrogen-bond donors (Lipinski definition) is 3. The van der Waals surface area contributed by atoms with E-state index in [0.717, 1.165) is 0 Å².